The van der Waals surface area contributed by atoms with Crippen LogP contribution in [0.5, 0.6) is 0 Å². The molecule has 0 radical (unpaired) electrons. The molecular formula is C28H21BO5. The predicted octanol–water partition coefficient (Wildman–Crippen LogP) is 3.19. The molecule has 0 spiro atoms. The minimum atomic E-state index is -1.60. The Labute approximate surface area is 197 Å². The maximum absolute atomic E-state index is 11.3. The van der Waals surface area contributed by atoms with Crippen LogP contribution in [0.3, 0.4) is 0 Å². The summed E-state index contributed by atoms with van der Waals surface area (Å²) >= 11 is 0. The molecule has 4 aromatic carbocycles. The predicted molar refractivity (Wildman–Crippen MR) is 131 cm³/mol. The first-order valence-electron chi connectivity index (χ1n) is 10.7. The van der Waals surface area contributed by atoms with E-state index in [2.05, 4.69) is 0 Å². The minimum absolute atomic E-state index is 0.349. The van der Waals surface area contributed by atoms with Crippen LogP contribution in [0, 0.1) is 0 Å². The number of rotatable bonds is 8. The van der Waals surface area contributed by atoms with Crippen LogP contribution in [0.2, 0.25) is 0 Å². The Morgan fingerprint density at radius 3 is 0.971 bits per heavy atom. The van der Waals surface area contributed by atoms with E-state index in [-0.39, 0.29) is 0 Å². The molecule has 6 heteroatoms. The van der Waals surface area contributed by atoms with E-state index >= 15 is 0 Å². The highest BCUT2D eigenvalue weighted by Gasteiger charge is 2.38. The van der Waals surface area contributed by atoms with Gasteiger partial charge in [0.1, 0.15) is 18.9 Å². The zero-order valence-corrected chi connectivity index (χ0v) is 18.2. The summed E-state index contributed by atoms with van der Waals surface area (Å²) in [5, 5.41) is 19.2. The van der Waals surface area contributed by atoms with Gasteiger partial charge in [0.05, 0.1) is 5.41 Å². The second kappa shape index (κ2) is 9.79. The van der Waals surface area contributed by atoms with Gasteiger partial charge in [0.25, 0.3) is 0 Å². The van der Waals surface area contributed by atoms with Crippen LogP contribution >= 0.6 is 0 Å². The molecule has 0 aliphatic heterocycles. The first-order chi connectivity index (χ1) is 16.5. The van der Waals surface area contributed by atoms with Gasteiger partial charge < -0.3 is 10.0 Å². The van der Waals surface area contributed by atoms with Crippen LogP contribution < -0.4 is 5.46 Å². The van der Waals surface area contributed by atoms with Gasteiger partial charge in [-0.3, -0.25) is 14.4 Å². The van der Waals surface area contributed by atoms with Gasteiger partial charge in [0.2, 0.25) is 0 Å². The molecule has 166 valence electrons. The van der Waals surface area contributed by atoms with Crippen molar-refractivity contribution in [3.8, 4) is 0 Å². The number of hydrogen-bond donors (Lipinski definition) is 2. The number of carbonyl (C=O) groups is 3. The van der Waals surface area contributed by atoms with E-state index in [1.165, 1.54) is 0 Å². The molecule has 0 amide bonds. The van der Waals surface area contributed by atoms with Crippen LogP contribution in [0.15, 0.2) is 97.1 Å². The molecule has 0 atom stereocenters. The topological polar surface area (TPSA) is 91.7 Å². The van der Waals surface area contributed by atoms with Crippen LogP contribution in [0.1, 0.15) is 53.3 Å². The van der Waals surface area contributed by atoms with Crippen molar-refractivity contribution in [1.29, 1.82) is 0 Å². The van der Waals surface area contributed by atoms with Crippen molar-refractivity contribution in [3.05, 3.63) is 136 Å². The monoisotopic (exact) mass is 448 g/mol. The van der Waals surface area contributed by atoms with E-state index < -0.39 is 12.5 Å². The molecule has 0 saturated heterocycles. The summed E-state index contributed by atoms with van der Waals surface area (Å²) in [6, 6.07) is 28.6. The molecule has 0 aromatic heterocycles. The number of benzene rings is 4. The average molecular weight is 448 g/mol. The van der Waals surface area contributed by atoms with Gasteiger partial charge in [0.15, 0.2) is 0 Å². The second-order valence-electron chi connectivity index (χ2n) is 7.97. The number of carbonyl (C=O) groups excluding carboxylic acids is 3. The molecule has 0 unspecified atom stereocenters. The summed E-state index contributed by atoms with van der Waals surface area (Å²) in [5.41, 5.74) is 4.45. The molecule has 0 fully saturated rings. The van der Waals surface area contributed by atoms with E-state index in [9.17, 15) is 24.4 Å². The first-order valence-corrected chi connectivity index (χ1v) is 10.7. The lowest BCUT2D eigenvalue weighted by Gasteiger charge is -2.37. The van der Waals surface area contributed by atoms with Crippen molar-refractivity contribution >= 4 is 31.4 Å². The fourth-order valence-electron chi connectivity index (χ4n) is 4.34. The highest BCUT2D eigenvalue weighted by molar-refractivity contribution is 6.58. The summed E-state index contributed by atoms with van der Waals surface area (Å²) in [6.07, 6.45) is 2.34. The van der Waals surface area contributed by atoms with Crippen LogP contribution in [-0.2, 0) is 5.41 Å². The molecule has 0 aliphatic carbocycles. The Bertz CT molecular complexity index is 1170. The van der Waals surface area contributed by atoms with Gasteiger partial charge in [-0.1, -0.05) is 97.1 Å². The van der Waals surface area contributed by atoms with Crippen molar-refractivity contribution in [2.45, 2.75) is 5.41 Å². The van der Waals surface area contributed by atoms with E-state index in [0.717, 1.165) is 41.1 Å². The van der Waals surface area contributed by atoms with Crippen molar-refractivity contribution in [1.82, 2.24) is 0 Å². The van der Waals surface area contributed by atoms with E-state index in [4.69, 9.17) is 0 Å². The van der Waals surface area contributed by atoms with Crippen LogP contribution in [-0.4, -0.2) is 36.0 Å². The zero-order valence-electron chi connectivity index (χ0n) is 18.2. The third-order valence-electron chi connectivity index (χ3n) is 6.08. The van der Waals surface area contributed by atoms with Crippen molar-refractivity contribution in [2.75, 3.05) is 0 Å². The number of hydrogen-bond acceptors (Lipinski definition) is 5. The summed E-state index contributed by atoms with van der Waals surface area (Å²) in [6.45, 7) is 0. The Morgan fingerprint density at radius 1 is 0.471 bits per heavy atom. The molecule has 4 aromatic rings. The maximum atomic E-state index is 11.3. The summed E-state index contributed by atoms with van der Waals surface area (Å²) < 4.78 is 0. The highest BCUT2D eigenvalue weighted by atomic mass is 16.4. The quantitative estimate of drug-likeness (QED) is 0.246. The van der Waals surface area contributed by atoms with Gasteiger partial charge in [-0.2, -0.15) is 0 Å². The van der Waals surface area contributed by atoms with Crippen molar-refractivity contribution < 1.29 is 24.4 Å². The molecular weight excluding hydrogens is 427 g/mol. The van der Waals surface area contributed by atoms with Crippen molar-refractivity contribution in [3.63, 3.8) is 0 Å². The SMILES string of the molecule is O=Cc1ccc(C(c2ccc(C=O)cc2)(c2ccc(C=O)cc2)c2ccc(B(O)O)cc2)cc1. The van der Waals surface area contributed by atoms with Crippen molar-refractivity contribution in [2.24, 2.45) is 0 Å². The maximum Gasteiger partial charge on any atom is 0.488 e. The largest absolute Gasteiger partial charge is 0.488 e. The third kappa shape index (κ3) is 4.12. The summed E-state index contributed by atoms with van der Waals surface area (Å²) in [7, 11) is -1.60. The molecule has 0 heterocycles. The molecule has 2 N–H and O–H groups in total. The molecule has 0 aliphatic rings. The third-order valence-corrected chi connectivity index (χ3v) is 6.08. The Kier molecular flexibility index (Phi) is 6.64. The smallest absolute Gasteiger partial charge is 0.423 e. The van der Waals surface area contributed by atoms with E-state index in [0.29, 0.717) is 22.2 Å². The molecule has 34 heavy (non-hydrogen) atoms. The molecule has 5 nitrogen and oxygen atoms in total. The van der Waals surface area contributed by atoms with Gasteiger partial charge in [-0.05, 0) is 27.7 Å². The van der Waals surface area contributed by atoms with Gasteiger partial charge in [-0.15, -0.1) is 0 Å². The lowest BCUT2D eigenvalue weighted by atomic mass is 9.64. The first kappa shape index (κ1) is 23.0. The second-order valence-corrected chi connectivity index (χ2v) is 7.97. The number of aldehydes is 3. The Balaban J connectivity index is 2.08. The fraction of sp³-hybridized carbons (Fsp3) is 0.0357. The lowest BCUT2D eigenvalue weighted by Crippen LogP contribution is -2.33. The summed E-state index contributed by atoms with van der Waals surface area (Å²) in [4.78, 5) is 33.9. The van der Waals surface area contributed by atoms with Gasteiger partial charge in [0, 0.05) is 16.7 Å². The van der Waals surface area contributed by atoms with Crippen LogP contribution in [0.4, 0.5) is 0 Å². The normalized spacial score (nSPS) is 11.0. The van der Waals surface area contributed by atoms with E-state index in [1.807, 2.05) is 48.5 Å². The fourth-order valence-corrected chi connectivity index (χ4v) is 4.34. The molecule has 4 rings (SSSR count). The molecule has 0 bridgehead atoms. The molecule has 0 saturated carbocycles. The lowest BCUT2D eigenvalue weighted by molar-refractivity contribution is 0.111. The Morgan fingerprint density at radius 2 is 0.735 bits per heavy atom. The van der Waals surface area contributed by atoms with E-state index in [1.54, 1.807) is 48.5 Å². The standard InChI is InChI=1S/C28H21BO5/c30-17-20-1-7-23(8-2-20)28(24-9-3-21(18-31)4-10-24,25-11-5-22(19-32)6-12-25)26-13-15-27(16-14-26)29(33)34/h1-19,33-34H. The van der Waals surface area contributed by atoms with Gasteiger partial charge in [-0.25, -0.2) is 0 Å². The zero-order chi connectivity index (χ0) is 24.1. The van der Waals surface area contributed by atoms with Crippen LogP contribution in [0.25, 0.3) is 0 Å². The highest BCUT2D eigenvalue weighted by Crippen LogP contribution is 2.45. The summed E-state index contributed by atoms with van der Waals surface area (Å²) in [5.74, 6) is 0. The minimum Gasteiger partial charge on any atom is -0.423 e. The average Bonchev–Trinajstić information content (AvgIpc) is 2.90. The van der Waals surface area contributed by atoms with Gasteiger partial charge >= 0.3 is 7.12 Å². The Hall–Kier alpha value is -4.13.